The monoisotopic (exact) mass is 414 g/mol. The topological polar surface area (TPSA) is 59.4 Å². The molecule has 4 rings (SSSR count). The van der Waals surface area contributed by atoms with Crippen LogP contribution in [0.3, 0.4) is 0 Å². The average Bonchev–Trinajstić information content (AvgIpc) is 3.03. The van der Waals surface area contributed by atoms with Crippen LogP contribution in [-0.4, -0.2) is 27.3 Å². The molecule has 0 radical (unpaired) electrons. The van der Waals surface area contributed by atoms with Gasteiger partial charge in [-0.25, -0.2) is 9.18 Å². The number of aryl methyl sites for hydroxylation is 1. The van der Waals surface area contributed by atoms with E-state index >= 15 is 0 Å². The summed E-state index contributed by atoms with van der Waals surface area (Å²) >= 11 is 5.89. The SMILES string of the molecule is Cn1nc(COc2cccc(F)c2)c2c1CCN(C(=O)Nc1ccc(Cl)cc1)C2. The maximum absolute atomic E-state index is 13.4. The highest BCUT2D eigenvalue weighted by atomic mass is 35.5. The number of amides is 2. The molecule has 0 saturated carbocycles. The first-order chi connectivity index (χ1) is 14.0. The summed E-state index contributed by atoms with van der Waals surface area (Å²) in [6, 6.07) is 12.8. The molecule has 0 unspecified atom stereocenters. The summed E-state index contributed by atoms with van der Waals surface area (Å²) < 4.78 is 20.9. The number of ether oxygens (including phenoxy) is 1. The third-order valence-corrected chi connectivity index (χ3v) is 5.13. The van der Waals surface area contributed by atoms with E-state index in [1.807, 2.05) is 11.7 Å². The van der Waals surface area contributed by atoms with Crippen molar-refractivity contribution in [1.29, 1.82) is 0 Å². The Morgan fingerprint density at radius 3 is 2.83 bits per heavy atom. The van der Waals surface area contributed by atoms with Gasteiger partial charge in [0, 0.05) is 48.0 Å². The normalized spacial score (nSPS) is 13.1. The van der Waals surface area contributed by atoms with Gasteiger partial charge in [0.05, 0.1) is 6.54 Å². The fraction of sp³-hybridized carbons (Fsp3) is 0.238. The molecule has 0 saturated heterocycles. The van der Waals surface area contributed by atoms with E-state index in [4.69, 9.17) is 16.3 Å². The molecule has 1 aliphatic rings. The molecule has 8 heteroatoms. The minimum Gasteiger partial charge on any atom is -0.487 e. The number of aromatic nitrogens is 2. The molecular formula is C21H20ClFN4O2. The van der Waals surface area contributed by atoms with Gasteiger partial charge in [-0.05, 0) is 36.4 Å². The van der Waals surface area contributed by atoms with Gasteiger partial charge in [-0.15, -0.1) is 0 Å². The first kappa shape index (κ1) is 19.3. The van der Waals surface area contributed by atoms with Crippen molar-refractivity contribution < 1.29 is 13.9 Å². The summed E-state index contributed by atoms with van der Waals surface area (Å²) in [5.41, 5.74) is 3.49. The van der Waals surface area contributed by atoms with Gasteiger partial charge in [-0.2, -0.15) is 5.10 Å². The molecule has 0 fully saturated rings. The van der Waals surface area contributed by atoms with Crippen molar-refractivity contribution in [3.8, 4) is 5.75 Å². The average molecular weight is 415 g/mol. The van der Waals surface area contributed by atoms with E-state index in [2.05, 4.69) is 10.4 Å². The second-order valence-corrected chi connectivity index (χ2v) is 7.29. The number of hydrogen-bond donors (Lipinski definition) is 1. The minimum absolute atomic E-state index is 0.182. The maximum atomic E-state index is 13.4. The summed E-state index contributed by atoms with van der Waals surface area (Å²) in [6.45, 7) is 1.24. The predicted octanol–water partition coefficient (Wildman–Crippen LogP) is 4.38. The zero-order valence-corrected chi connectivity index (χ0v) is 16.6. The number of fused-ring (bicyclic) bond motifs is 1. The molecule has 0 atom stereocenters. The summed E-state index contributed by atoms with van der Waals surface area (Å²) in [5, 5.41) is 8.05. The lowest BCUT2D eigenvalue weighted by molar-refractivity contribution is 0.205. The molecule has 2 heterocycles. The lowest BCUT2D eigenvalue weighted by Crippen LogP contribution is -2.39. The zero-order chi connectivity index (χ0) is 20.4. The van der Waals surface area contributed by atoms with Crippen LogP contribution in [0.25, 0.3) is 0 Å². The molecule has 0 bridgehead atoms. The molecule has 29 heavy (non-hydrogen) atoms. The van der Waals surface area contributed by atoms with Gasteiger partial charge in [-0.1, -0.05) is 17.7 Å². The lowest BCUT2D eigenvalue weighted by atomic mass is 10.1. The molecule has 0 aliphatic carbocycles. The van der Waals surface area contributed by atoms with Crippen molar-refractivity contribution in [2.24, 2.45) is 7.05 Å². The van der Waals surface area contributed by atoms with Crippen LogP contribution in [0.1, 0.15) is 17.0 Å². The van der Waals surface area contributed by atoms with Crippen molar-refractivity contribution in [2.45, 2.75) is 19.6 Å². The first-order valence-corrected chi connectivity index (χ1v) is 9.61. The number of anilines is 1. The van der Waals surface area contributed by atoms with Crippen molar-refractivity contribution in [2.75, 3.05) is 11.9 Å². The summed E-state index contributed by atoms with van der Waals surface area (Å²) in [5.74, 6) is 0.0909. The van der Waals surface area contributed by atoms with E-state index in [1.54, 1.807) is 41.3 Å². The highest BCUT2D eigenvalue weighted by Gasteiger charge is 2.27. The fourth-order valence-corrected chi connectivity index (χ4v) is 3.53. The number of halogens is 2. The number of hydrogen-bond acceptors (Lipinski definition) is 3. The lowest BCUT2D eigenvalue weighted by Gasteiger charge is -2.28. The first-order valence-electron chi connectivity index (χ1n) is 9.23. The molecule has 3 aromatic rings. The zero-order valence-electron chi connectivity index (χ0n) is 15.9. The minimum atomic E-state index is -0.351. The molecule has 1 aromatic heterocycles. The van der Waals surface area contributed by atoms with Crippen LogP contribution >= 0.6 is 11.6 Å². The van der Waals surface area contributed by atoms with Crippen LogP contribution in [0, 0.1) is 5.82 Å². The van der Waals surface area contributed by atoms with Gasteiger partial charge in [0.15, 0.2) is 0 Å². The Labute approximate surface area is 172 Å². The summed E-state index contributed by atoms with van der Waals surface area (Å²) in [7, 11) is 1.88. The van der Waals surface area contributed by atoms with Gasteiger partial charge in [0.25, 0.3) is 0 Å². The number of carbonyl (C=O) groups excluding carboxylic acids is 1. The maximum Gasteiger partial charge on any atom is 0.322 e. The molecular weight excluding hydrogens is 395 g/mol. The second-order valence-electron chi connectivity index (χ2n) is 6.85. The van der Waals surface area contributed by atoms with E-state index in [-0.39, 0.29) is 18.5 Å². The highest BCUT2D eigenvalue weighted by molar-refractivity contribution is 6.30. The Hall–Kier alpha value is -3.06. The van der Waals surface area contributed by atoms with Crippen molar-refractivity contribution in [3.63, 3.8) is 0 Å². The van der Waals surface area contributed by atoms with Crippen LogP contribution < -0.4 is 10.1 Å². The van der Waals surface area contributed by atoms with Crippen LogP contribution in [0.5, 0.6) is 5.75 Å². The third kappa shape index (κ3) is 4.35. The molecule has 2 amide bonds. The molecule has 6 nitrogen and oxygen atoms in total. The largest absolute Gasteiger partial charge is 0.487 e. The number of carbonyl (C=O) groups is 1. The van der Waals surface area contributed by atoms with Crippen LogP contribution in [0.2, 0.25) is 5.02 Å². The smallest absolute Gasteiger partial charge is 0.322 e. The number of nitrogens with one attached hydrogen (secondary N) is 1. The van der Waals surface area contributed by atoms with E-state index < -0.39 is 0 Å². The Kier molecular flexibility index (Phi) is 5.40. The van der Waals surface area contributed by atoms with Crippen LogP contribution in [-0.2, 0) is 26.6 Å². The van der Waals surface area contributed by atoms with Gasteiger partial charge >= 0.3 is 6.03 Å². The Morgan fingerprint density at radius 2 is 2.07 bits per heavy atom. The molecule has 0 spiro atoms. The standard InChI is InChI=1S/C21H20ClFN4O2/c1-26-20-9-10-27(21(28)24-16-7-5-14(22)6-8-16)12-18(20)19(25-26)13-29-17-4-2-3-15(23)11-17/h2-8,11H,9-10,12-13H2,1H3,(H,24,28). The van der Waals surface area contributed by atoms with Gasteiger partial charge < -0.3 is 15.0 Å². The molecule has 150 valence electrons. The molecule has 1 N–H and O–H groups in total. The number of urea groups is 1. The molecule has 2 aromatic carbocycles. The highest BCUT2D eigenvalue weighted by Crippen LogP contribution is 2.24. The Morgan fingerprint density at radius 1 is 1.28 bits per heavy atom. The summed E-state index contributed by atoms with van der Waals surface area (Å²) in [4.78, 5) is 14.4. The van der Waals surface area contributed by atoms with Gasteiger partial charge in [0.2, 0.25) is 0 Å². The number of nitrogens with zero attached hydrogens (tertiary/aromatic N) is 3. The second kappa shape index (κ2) is 8.13. The van der Waals surface area contributed by atoms with E-state index in [0.29, 0.717) is 36.0 Å². The van der Waals surface area contributed by atoms with E-state index in [0.717, 1.165) is 17.0 Å². The third-order valence-electron chi connectivity index (χ3n) is 4.88. The van der Waals surface area contributed by atoms with Crippen LogP contribution in [0.4, 0.5) is 14.9 Å². The quantitative estimate of drug-likeness (QED) is 0.689. The predicted molar refractivity (Wildman–Crippen MR) is 109 cm³/mol. The van der Waals surface area contributed by atoms with Crippen molar-refractivity contribution >= 4 is 23.3 Å². The van der Waals surface area contributed by atoms with E-state index in [1.165, 1.54) is 12.1 Å². The number of rotatable bonds is 4. The Balaban J connectivity index is 1.46. The number of benzene rings is 2. The van der Waals surface area contributed by atoms with Crippen molar-refractivity contribution in [1.82, 2.24) is 14.7 Å². The van der Waals surface area contributed by atoms with Gasteiger partial charge in [-0.3, -0.25) is 4.68 Å². The Bertz CT molecular complexity index is 1040. The van der Waals surface area contributed by atoms with Crippen molar-refractivity contribution in [3.05, 3.63) is 76.3 Å². The molecule has 1 aliphatic heterocycles. The van der Waals surface area contributed by atoms with Gasteiger partial charge in [0.1, 0.15) is 23.9 Å². The summed E-state index contributed by atoms with van der Waals surface area (Å²) in [6.07, 6.45) is 0.701. The fourth-order valence-electron chi connectivity index (χ4n) is 3.40. The van der Waals surface area contributed by atoms with Crippen LogP contribution in [0.15, 0.2) is 48.5 Å². The van der Waals surface area contributed by atoms with E-state index in [9.17, 15) is 9.18 Å².